The minimum Gasteiger partial charge on any atom is -0.373 e. The first-order chi connectivity index (χ1) is 20.0. The van der Waals surface area contributed by atoms with Gasteiger partial charge in [-0.1, -0.05) is 41.3 Å². The van der Waals surface area contributed by atoms with Crippen molar-refractivity contribution < 1.29 is 31.3 Å². The Morgan fingerprint density at radius 1 is 1.21 bits per heavy atom. The number of alkyl halides is 1. The normalized spacial score (nSPS) is 22.5. The van der Waals surface area contributed by atoms with Gasteiger partial charge in [0.2, 0.25) is 10.0 Å². The molecule has 3 aliphatic rings. The lowest BCUT2D eigenvalue weighted by atomic mass is 10.0. The molecule has 224 valence electrons. The van der Waals surface area contributed by atoms with E-state index in [0.29, 0.717) is 64.8 Å². The Hall–Kier alpha value is -2.73. The van der Waals surface area contributed by atoms with Crippen LogP contribution in [0.4, 0.5) is 14.5 Å². The molecular weight excluding hydrogens is 611 g/mol. The van der Waals surface area contributed by atoms with Crippen molar-refractivity contribution >= 4 is 44.8 Å². The van der Waals surface area contributed by atoms with Crippen LogP contribution in [0.2, 0.25) is 10.0 Å². The number of rotatable bonds is 10. The maximum absolute atomic E-state index is 15.2. The summed E-state index contributed by atoms with van der Waals surface area (Å²) in [6.45, 7) is 2.29. The van der Waals surface area contributed by atoms with E-state index in [4.69, 9.17) is 32.5 Å². The van der Waals surface area contributed by atoms with E-state index < -0.39 is 27.4 Å². The fourth-order valence-corrected chi connectivity index (χ4v) is 7.67. The van der Waals surface area contributed by atoms with Gasteiger partial charge in [-0.25, -0.2) is 21.9 Å². The number of nitrogens with zero attached hydrogens (tertiary/aromatic N) is 2. The van der Waals surface area contributed by atoms with E-state index in [1.807, 2.05) is 9.62 Å². The lowest BCUT2D eigenvalue weighted by molar-refractivity contribution is 0.0113. The fourth-order valence-electron chi connectivity index (χ4n) is 6.05. The van der Waals surface area contributed by atoms with Crippen LogP contribution in [0, 0.1) is 11.7 Å². The number of ether oxygens (including phenoxy) is 1. The second kappa shape index (κ2) is 11.1. The number of piperidine rings is 1. The van der Waals surface area contributed by atoms with Gasteiger partial charge in [0.1, 0.15) is 11.5 Å². The van der Waals surface area contributed by atoms with Crippen molar-refractivity contribution in [2.75, 3.05) is 17.2 Å². The SMILES string of the molecule is CCCS(=O)(=O)NC(=O)c1ccc(N2C[C@@H]3C[C@H]2C[C@H]3OCc2c(-c3c(Cl)cccc3Cl)noc2C2(F)CC2)c(F)c1. The zero-order chi connectivity index (χ0) is 29.8. The van der Waals surface area contributed by atoms with Gasteiger partial charge < -0.3 is 14.2 Å². The van der Waals surface area contributed by atoms with Crippen molar-refractivity contribution in [2.24, 2.45) is 5.92 Å². The van der Waals surface area contributed by atoms with E-state index in [1.165, 1.54) is 12.1 Å². The second-order valence-corrected chi connectivity index (χ2v) is 13.9. The molecule has 2 bridgehead atoms. The summed E-state index contributed by atoms with van der Waals surface area (Å²) in [5.41, 5.74) is 0.0202. The van der Waals surface area contributed by atoms with Crippen molar-refractivity contribution in [3.63, 3.8) is 0 Å². The number of nitrogens with one attached hydrogen (secondary N) is 1. The second-order valence-electron chi connectivity index (χ2n) is 11.2. The molecule has 1 aliphatic heterocycles. The average molecular weight is 641 g/mol. The smallest absolute Gasteiger partial charge is 0.264 e. The number of carbonyl (C=O) groups is 1. The number of anilines is 1. The molecule has 3 atom stereocenters. The summed E-state index contributed by atoms with van der Waals surface area (Å²) < 4.78 is 68.0. The Morgan fingerprint density at radius 2 is 1.95 bits per heavy atom. The topological polar surface area (TPSA) is 102 Å². The molecule has 8 nitrogen and oxygen atoms in total. The third-order valence-corrected chi connectivity index (χ3v) is 10.3. The molecular formula is C29H29Cl2F2N3O5S. The van der Waals surface area contributed by atoms with Crippen molar-refractivity contribution in [2.45, 2.75) is 63.4 Å². The number of carbonyl (C=O) groups excluding carboxylic acids is 1. The Balaban J connectivity index is 1.14. The van der Waals surface area contributed by atoms with Gasteiger partial charge in [0.05, 0.1) is 39.8 Å². The summed E-state index contributed by atoms with van der Waals surface area (Å²) >= 11 is 12.8. The molecule has 2 heterocycles. The number of sulfonamides is 1. The van der Waals surface area contributed by atoms with Crippen LogP contribution in [-0.2, 0) is 27.0 Å². The standard InChI is InChI=1S/C29H29Cl2F2N3O5S/c1-2-10-42(38,39)35-28(37)16-6-7-23(22(32)12-16)36-14-17-11-18(36)13-24(17)40-15-19-26(25-20(30)4-3-5-21(25)31)34-41-27(19)29(33)8-9-29/h3-7,12,17-18,24H,2,8-11,13-15H2,1H3,(H,35,37)/t17-,18-,24+/m0/s1. The van der Waals surface area contributed by atoms with Gasteiger partial charge in [0, 0.05) is 29.6 Å². The summed E-state index contributed by atoms with van der Waals surface area (Å²) in [6.07, 6.45) is 2.31. The van der Waals surface area contributed by atoms with Gasteiger partial charge in [-0.2, -0.15) is 0 Å². The van der Waals surface area contributed by atoms with Crippen LogP contribution >= 0.6 is 23.2 Å². The van der Waals surface area contributed by atoms with Crippen LogP contribution in [0.5, 0.6) is 0 Å². The summed E-state index contributed by atoms with van der Waals surface area (Å²) in [6, 6.07) is 9.08. The molecule has 1 N–H and O–H groups in total. The maximum atomic E-state index is 15.2. The molecule has 3 fully saturated rings. The van der Waals surface area contributed by atoms with Crippen LogP contribution in [0.25, 0.3) is 11.3 Å². The number of halogens is 4. The van der Waals surface area contributed by atoms with Crippen molar-refractivity contribution in [3.8, 4) is 11.3 Å². The van der Waals surface area contributed by atoms with E-state index in [0.717, 1.165) is 12.5 Å². The van der Waals surface area contributed by atoms with Crippen LogP contribution in [0.1, 0.15) is 60.7 Å². The molecule has 1 amide bonds. The van der Waals surface area contributed by atoms with Gasteiger partial charge in [0.25, 0.3) is 5.91 Å². The molecule has 2 saturated carbocycles. The molecule has 2 aromatic carbocycles. The predicted molar refractivity (Wildman–Crippen MR) is 154 cm³/mol. The number of hydrogen-bond donors (Lipinski definition) is 1. The highest BCUT2D eigenvalue weighted by Gasteiger charge is 2.52. The minimum absolute atomic E-state index is 0.00878. The molecule has 6 rings (SSSR count). The number of benzene rings is 2. The molecule has 2 aliphatic carbocycles. The Labute approximate surface area is 252 Å². The number of hydrogen-bond acceptors (Lipinski definition) is 7. The molecule has 0 spiro atoms. The van der Waals surface area contributed by atoms with Crippen molar-refractivity contribution in [1.29, 1.82) is 0 Å². The van der Waals surface area contributed by atoms with Gasteiger partial charge in [-0.3, -0.25) is 4.79 Å². The highest BCUT2D eigenvalue weighted by Crippen LogP contribution is 2.53. The summed E-state index contributed by atoms with van der Waals surface area (Å²) in [5.74, 6) is -1.41. The van der Waals surface area contributed by atoms with Crippen LogP contribution in [0.15, 0.2) is 40.9 Å². The van der Waals surface area contributed by atoms with E-state index in [-0.39, 0.29) is 41.7 Å². The number of fused-ring (bicyclic) bond motifs is 2. The first-order valence-electron chi connectivity index (χ1n) is 13.8. The van der Waals surface area contributed by atoms with Gasteiger partial charge >= 0.3 is 0 Å². The maximum Gasteiger partial charge on any atom is 0.264 e. The molecule has 42 heavy (non-hydrogen) atoms. The summed E-state index contributed by atoms with van der Waals surface area (Å²) in [5, 5.41) is 4.88. The summed E-state index contributed by atoms with van der Waals surface area (Å²) in [7, 11) is -3.77. The average Bonchev–Trinajstić information content (AvgIpc) is 3.25. The van der Waals surface area contributed by atoms with Gasteiger partial charge in [-0.05, 0) is 62.4 Å². The summed E-state index contributed by atoms with van der Waals surface area (Å²) in [4.78, 5) is 14.3. The molecule has 1 saturated heterocycles. The first-order valence-corrected chi connectivity index (χ1v) is 16.3. The zero-order valence-corrected chi connectivity index (χ0v) is 25.0. The molecule has 1 aromatic heterocycles. The van der Waals surface area contributed by atoms with Crippen molar-refractivity contribution in [3.05, 3.63) is 69.1 Å². The lowest BCUT2D eigenvalue weighted by Crippen LogP contribution is -2.39. The minimum atomic E-state index is -3.77. The van der Waals surface area contributed by atoms with Crippen LogP contribution in [-0.4, -0.2) is 43.9 Å². The van der Waals surface area contributed by atoms with Gasteiger partial charge in [0.15, 0.2) is 11.4 Å². The van der Waals surface area contributed by atoms with Crippen LogP contribution in [0.3, 0.4) is 0 Å². The lowest BCUT2D eigenvalue weighted by Gasteiger charge is -2.33. The van der Waals surface area contributed by atoms with E-state index in [9.17, 15) is 13.2 Å². The molecule has 0 radical (unpaired) electrons. The van der Waals surface area contributed by atoms with E-state index >= 15 is 8.78 Å². The van der Waals surface area contributed by atoms with E-state index in [2.05, 4.69) is 5.16 Å². The highest BCUT2D eigenvalue weighted by atomic mass is 35.5. The number of amides is 1. The molecule has 3 aromatic rings. The first kappa shape index (κ1) is 29.3. The third-order valence-electron chi connectivity index (χ3n) is 8.24. The van der Waals surface area contributed by atoms with E-state index in [1.54, 1.807) is 25.1 Å². The zero-order valence-electron chi connectivity index (χ0n) is 22.7. The Bertz CT molecular complexity index is 1630. The monoisotopic (exact) mass is 639 g/mol. The third kappa shape index (κ3) is 5.52. The largest absolute Gasteiger partial charge is 0.373 e. The quantitative estimate of drug-likeness (QED) is 0.274. The van der Waals surface area contributed by atoms with Crippen LogP contribution < -0.4 is 9.62 Å². The number of aromatic nitrogens is 1. The van der Waals surface area contributed by atoms with Crippen molar-refractivity contribution in [1.82, 2.24) is 9.88 Å². The molecule has 13 heteroatoms. The fraction of sp³-hybridized carbons (Fsp3) is 0.448. The molecule has 0 unspecified atom stereocenters. The Morgan fingerprint density at radius 3 is 2.57 bits per heavy atom. The van der Waals surface area contributed by atoms with Gasteiger partial charge in [-0.15, -0.1) is 0 Å². The Kier molecular flexibility index (Phi) is 7.74. The predicted octanol–water partition coefficient (Wildman–Crippen LogP) is 6.40. The highest BCUT2D eigenvalue weighted by molar-refractivity contribution is 7.90.